The molecule has 5 aromatic rings. The SMILES string of the molecule is C#Cc1ccc(-c2c3nc(c(-c4ccc(C)cc4)c4ccc(cc5nc(cc6ccc2[n-]6)CC5(C)C)[n-]4)C=C3)cc1.[Zn+2]. The van der Waals surface area contributed by atoms with Crippen molar-refractivity contribution in [2.75, 3.05) is 0 Å². The molecular weight excluding hydrogens is 566 g/mol. The first-order valence-corrected chi connectivity index (χ1v) is 13.8. The van der Waals surface area contributed by atoms with E-state index in [0.29, 0.717) is 0 Å². The van der Waals surface area contributed by atoms with E-state index in [1.54, 1.807) is 0 Å². The third-order valence-electron chi connectivity index (χ3n) is 7.85. The fourth-order valence-electron chi connectivity index (χ4n) is 5.65. The van der Waals surface area contributed by atoms with Gasteiger partial charge in [0, 0.05) is 28.8 Å². The van der Waals surface area contributed by atoms with Crippen LogP contribution in [0.25, 0.3) is 56.5 Å². The predicted octanol–water partition coefficient (Wildman–Crippen LogP) is 7.88. The van der Waals surface area contributed by atoms with Gasteiger partial charge in [0.25, 0.3) is 0 Å². The van der Waals surface area contributed by atoms with Crippen LogP contribution in [0, 0.1) is 19.3 Å². The fraction of sp³-hybridized carbons (Fsp3) is 0.135. The number of benzene rings is 2. The van der Waals surface area contributed by atoms with Gasteiger partial charge in [-0.05, 0) is 53.5 Å². The topological polar surface area (TPSA) is 54.0 Å². The second kappa shape index (κ2) is 10.7. The van der Waals surface area contributed by atoms with Crippen LogP contribution in [0.1, 0.15) is 47.8 Å². The molecule has 0 N–H and O–H groups in total. The van der Waals surface area contributed by atoms with Gasteiger partial charge in [-0.2, -0.15) is 0 Å². The number of fused-ring (bicyclic) bond motifs is 8. The maximum Gasteiger partial charge on any atom is 2.00 e. The number of hydrogen-bond donors (Lipinski definition) is 0. The molecule has 2 aliphatic heterocycles. The molecule has 3 aromatic heterocycles. The van der Waals surface area contributed by atoms with Gasteiger partial charge in [0.05, 0.1) is 11.4 Å². The third-order valence-corrected chi connectivity index (χ3v) is 7.85. The Balaban J connectivity index is 0.00000316. The quantitative estimate of drug-likeness (QED) is 0.151. The summed E-state index contributed by atoms with van der Waals surface area (Å²) in [6.45, 7) is 6.56. The van der Waals surface area contributed by atoms with Crippen LogP contribution in [0.5, 0.6) is 0 Å². The molecule has 0 spiro atoms. The van der Waals surface area contributed by atoms with E-state index in [2.05, 4.69) is 99.5 Å². The summed E-state index contributed by atoms with van der Waals surface area (Å²) in [5.41, 5.74) is 13.3. The molecule has 0 unspecified atom stereocenters. The molecule has 0 fully saturated rings. The summed E-state index contributed by atoms with van der Waals surface area (Å²) >= 11 is 0. The number of aromatic nitrogens is 4. The Hall–Kier alpha value is -4.52. The molecule has 0 aliphatic carbocycles. The molecule has 8 bridgehead atoms. The summed E-state index contributed by atoms with van der Waals surface area (Å²) in [5, 5.41) is 0. The first-order valence-electron chi connectivity index (χ1n) is 13.8. The van der Waals surface area contributed by atoms with E-state index in [0.717, 1.165) is 79.1 Å². The molecule has 0 saturated carbocycles. The van der Waals surface area contributed by atoms with Gasteiger partial charge in [-0.3, -0.25) is 4.98 Å². The Labute approximate surface area is 258 Å². The molecule has 42 heavy (non-hydrogen) atoms. The first-order chi connectivity index (χ1) is 19.9. The normalized spacial score (nSPS) is 13.4. The van der Waals surface area contributed by atoms with E-state index in [4.69, 9.17) is 26.4 Å². The van der Waals surface area contributed by atoms with Crippen LogP contribution in [-0.4, -0.2) is 9.97 Å². The third kappa shape index (κ3) is 5.04. The summed E-state index contributed by atoms with van der Waals surface area (Å²) in [5.74, 6) is 2.72. The van der Waals surface area contributed by atoms with Crippen molar-refractivity contribution >= 4 is 34.2 Å². The summed E-state index contributed by atoms with van der Waals surface area (Å²) in [6.07, 6.45) is 10.6. The number of terminal acetylenes is 1. The van der Waals surface area contributed by atoms with E-state index in [-0.39, 0.29) is 24.9 Å². The van der Waals surface area contributed by atoms with E-state index in [1.807, 2.05) is 24.3 Å². The molecular formula is C37H28N4Zn. The average Bonchev–Trinajstić information content (AvgIpc) is 3.76. The second-order valence-electron chi connectivity index (χ2n) is 11.4. The molecule has 2 aromatic carbocycles. The van der Waals surface area contributed by atoms with Crippen LogP contribution >= 0.6 is 0 Å². The van der Waals surface area contributed by atoms with E-state index in [9.17, 15) is 0 Å². The Bertz CT molecular complexity index is 2050. The monoisotopic (exact) mass is 592 g/mol. The largest absolute Gasteiger partial charge is 2.00 e. The molecule has 0 radical (unpaired) electrons. The molecule has 0 atom stereocenters. The summed E-state index contributed by atoms with van der Waals surface area (Å²) in [4.78, 5) is 20.4. The standard InChI is InChI=1S/C37H28N4.Zn/c1-5-24-8-12-26(13-9-24)36-30-16-14-27(38-30)20-29-22-37(3,4)34(40-29)21-28-15-17-31(39-28)35(32-18-19-33(36)41-32)25-10-6-23(2)7-11-25;/h1,6-21H,22H2,2-4H3;/q-2;+2. The Morgan fingerprint density at radius 3 is 1.83 bits per heavy atom. The van der Waals surface area contributed by atoms with Crippen molar-refractivity contribution in [1.82, 2.24) is 19.9 Å². The van der Waals surface area contributed by atoms with E-state index in [1.165, 1.54) is 5.56 Å². The van der Waals surface area contributed by atoms with Gasteiger partial charge in [-0.15, -0.1) is 28.5 Å². The number of hydrogen-bond acceptors (Lipinski definition) is 2. The van der Waals surface area contributed by atoms with Crippen LogP contribution in [-0.2, 0) is 31.3 Å². The van der Waals surface area contributed by atoms with Gasteiger partial charge in [0.15, 0.2) is 0 Å². The minimum atomic E-state index is -0.102. The number of rotatable bonds is 2. The van der Waals surface area contributed by atoms with E-state index < -0.39 is 0 Å². The van der Waals surface area contributed by atoms with Crippen molar-refractivity contribution in [1.29, 1.82) is 0 Å². The molecule has 5 heterocycles. The molecule has 4 nitrogen and oxygen atoms in total. The van der Waals surface area contributed by atoms with Crippen molar-refractivity contribution < 1.29 is 19.5 Å². The summed E-state index contributed by atoms with van der Waals surface area (Å²) < 4.78 is 0. The van der Waals surface area contributed by atoms with Gasteiger partial charge in [0.2, 0.25) is 0 Å². The van der Waals surface area contributed by atoms with Gasteiger partial charge >= 0.3 is 19.5 Å². The zero-order chi connectivity index (χ0) is 28.1. The maximum absolute atomic E-state index is 5.65. The summed E-state index contributed by atoms with van der Waals surface area (Å²) in [6, 6.07) is 29.0. The van der Waals surface area contributed by atoms with Crippen molar-refractivity contribution in [3.05, 3.63) is 119 Å². The predicted molar refractivity (Wildman–Crippen MR) is 168 cm³/mol. The van der Waals surface area contributed by atoms with Crippen LogP contribution in [0.2, 0.25) is 0 Å². The number of nitrogens with zero attached hydrogens (tertiary/aromatic N) is 4. The second-order valence-corrected chi connectivity index (χ2v) is 11.4. The minimum absolute atomic E-state index is 0. The van der Waals surface area contributed by atoms with Crippen LogP contribution in [0.3, 0.4) is 0 Å². The number of aryl methyl sites for hydroxylation is 1. The zero-order valence-electron chi connectivity index (χ0n) is 24.0. The van der Waals surface area contributed by atoms with Crippen LogP contribution < -0.4 is 9.97 Å². The molecule has 5 heteroatoms. The zero-order valence-corrected chi connectivity index (χ0v) is 27.0. The van der Waals surface area contributed by atoms with E-state index >= 15 is 0 Å². The van der Waals surface area contributed by atoms with Gasteiger partial charge in [-0.1, -0.05) is 98.1 Å². The summed E-state index contributed by atoms with van der Waals surface area (Å²) in [7, 11) is 0. The Morgan fingerprint density at radius 2 is 1.26 bits per heavy atom. The molecule has 0 amide bonds. The Morgan fingerprint density at radius 1 is 0.714 bits per heavy atom. The van der Waals surface area contributed by atoms with Crippen molar-refractivity contribution in [2.24, 2.45) is 0 Å². The van der Waals surface area contributed by atoms with Crippen molar-refractivity contribution in [3.8, 4) is 34.6 Å². The van der Waals surface area contributed by atoms with Crippen molar-refractivity contribution in [3.63, 3.8) is 0 Å². The van der Waals surface area contributed by atoms with Crippen molar-refractivity contribution in [2.45, 2.75) is 32.6 Å². The van der Waals surface area contributed by atoms with Crippen LogP contribution in [0.4, 0.5) is 0 Å². The van der Waals surface area contributed by atoms with Crippen LogP contribution in [0.15, 0.2) is 84.9 Å². The molecule has 2 aliphatic rings. The minimum Gasteiger partial charge on any atom is -0.657 e. The van der Waals surface area contributed by atoms with Gasteiger partial charge in [0.1, 0.15) is 0 Å². The Kier molecular flexibility index (Phi) is 7.05. The fourth-order valence-corrected chi connectivity index (χ4v) is 5.65. The average molecular weight is 594 g/mol. The molecule has 0 saturated heterocycles. The first kappa shape index (κ1) is 27.6. The van der Waals surface area contributed by atoms with Gasteiger partial charge < -0.3 is 9.97 Å². The van der Waals surface area contributed by atoms with Gasteiger partial charge in [-0.25, -0.2) is 4.98 Å². The maximum atomic E-state index is 5.65. The molecule has 198 valence electrons. The molecule has 7 rings (SSSR count). The smallest absolute Gasteiger partial charge is 0.657 e.